The Kier molecular flexibility index (Phi) is 3.09. The lowest BCUT2D eigenvalue weighted by atomic mass is 9.94. The third kappa shape index (κ3) is 2.21. The summed E-state index contributed by atoms with van der Waals surface area (Å²) >= 11 is 0. The Labute approximate surface area is 73.0 Å². The van der Waals surface area contributed by atoms with Gasteiger partial charge in [0.05, 0.1) is 13.2 Å². The summed E-state index contributed by atoms with van der Waals surface area (Å²) in [5.41, 5.74) is 0. The smallest absolute Gasteiger partial charge is 0.334 e. The van der Waals surface area contributed by atoms with Gasteiger partial charge in [0.1, 0.15) is 0 Å². The molecule has 0 amide bonds. The van der Waals surface area contributed by atoms with E-state index in [2.05, 4.69) is 11.7 Å². The molecule has 3 nitrogen and oxygen atoms in total. The molecule has 70 valence electrons. The number of carbonyl (C=O) groups excluding carboxylic acids is 1. The molecule has 0 aromatic rings. The van der Waals surface area contributed by atoms with Crippen LogP contribution >= 0.6 is 0 Å². The number of methoxy groups -OCH3 is 1. The number of hydrogen-bond donors (Lipinski definition) is 0. The quantitative estimate of drug-likeness (QED) is 0.560. The molecule has 1 fully saturated rings. The Morgan fingerprint density at radius 1 is 1.42 bits per heavy atom. The van der Waals surface area contributed by atoms with E-state index in [0.29, 0.717) is 5.92 Å². The van der Waals surface area contributed by atoms with Crippen LogP contribution in [0.15, 0.2) is 0 Å². The van der Waals surface area contributed by atoms with E-state index in [1.807, 2.05) is 6.92 Å². The molecule has 0 bridgehead atoms. The Morgan fingerprint density at radius 2 is 2.08 bits per heavy atom. The van der Waals surface area contributed by atoms with E-state index in [1.165, 1.54) is 7.11 Å². The highest BCUT2D eigenvalue weighted by Crippen LogP contribution is 2.24. The van der Waals surface area contributed by atoms with Crippen LogP contribution < -0.4 is 0 Å². The van der Waals surface area contributed by atoms with Crippen LogP contribution in [0, 0.1) is 5.92 Å². The maximum absolute atomic E-state index is 11.1. The highest BCUT2D eigenvalue weighted by molar-refractivity contribution is 5.74. The van der Waals surface area contributed by atoms with Gasteiger partial charge < -0.3 is 9.47 Å². The molecule has 1 heterocycles. The Balaban J connectivity index is 2.49. The standard InChI is InChI=1S/C9H16O3/c1-6-4-7(2)12-8(5-6)9(10)11-3/h6-8H,4-5H2,1-3H3/t6-,7?,8+/m1/s1. The van der Waals surface area contributed by atoms with Gasteiger partial charge in [0.15, 0.2) is 6.10 Å². The molecule has 1 aliphatic heterocycles. The fourth-order valence-corrected chi connectivity index (χ4v) is 1.70. The van der Waals surface area contributed by atoms with Crippen molar-refractivity contribution in [2.75, 3.05) is 7.11 Å². The summed E-state index contributed by atoms with van der Waals surface area (Å²) in [7, 11) is 1.40. The minimum absolute atomic E-state index is 0.179. The topological polar surface area (TPSA) is 35.5 Å². The first-order valence-corrected chi connectivity index (χ1v) is 4.36. The van der Waals surface area contributed by atoms with E-state index in [0.717, 1.165) is 12.8 Å². The zero-order chi connectivity index (χ0) is 9.14. The Morgan fingerprint density at radius 3 is 2.58 bits per heavy atom. The van der Waals surface area contributed by atoms with Gasteiger partial charge in [0.25, 0.3) is 0 Å². The van der Waals surface area contributed by atoms with Crippen LogP contribution in [0.25, 0.3) is 0 Å². The molecule has 0 aromatic heterocycles. The molecule has 0 N–H and O–H groups in total. The van der Waals surface area contributed by atoms with Crippen molar-refractivity contribution in [3.05, 3.63) is 0 Å². The predicted octanol–water partition coefficient (Wildman–Crippen LogP) is 1.36. The van der Waals surface area contributed by atoms with Crippen LogP contribution in [0.3, 0.4) is 0 Å². The third-order valence-electron chi connectivity index (χ3n) is 2.21. The van der Waals surface area contributed by atoms with Gasteiger partial charge >= 0.3 is 5.97 Å². The first kappa shape index (κ1) is 9.52. The van der Waals surface area contributed by atoms with Crippen molar-refractivity contribution in [2.24, 2.45) is 5.92 Å². The number of esters is 1. The summed E-state index contributed by atoms with van der Waals surface area (Å²) < 4.78 is 10.1. The molecule has 3 heteroatoms. The molecule has 0 spiro atoms. The number of hydrogen-bond acceptors (Lipinski definition) is 3. The van der Waals surface area contributed by atoms with Crippen LogP contribution in [0.1, 0.15) is 26.7 Å². The van der Waals surface area contributed by atoms with Crippen molar-refractivity contribution in [3.8, 4) is 0 Å². The van der Waals surface area contributed by atoms with Gasteiger partial charge in [-0.1, -0.05) is 6.92 Å². The van der Waals surface area contributed by atoms with Crippen molar-refractivity contribution in [1.29, 1.82) is 0 Å². The lowest BCUT2D eigenvalue weighted by molar-refractivity contribution is -0.164. The largest absolute Gasteiger partial charge is 0.467 e. The van der Waals surface area contributed by atoms with Crippen LogP contribution in [0.5, 0.6) is 0 Å². The summed E-state index contributed by atoms with van der Waals surface area (Å²) in [4.78, 5) is 11.1. The van der Waals surface area contributed by atoms with E-state index in [9.17, 15) is 4.79 Å². The predicted molar refractivity (Wildman–Crippen MR) is 44.7 cm³/mol. The van der Waals surface area contributed by atoms with E-state index in [-0.39, 0.29) is 18.2 Å². The average Bonchev–Trinajstić information content (AvgIpc) is 2.01. The monoisotopic (exact) mass is 172 g/mol. The van der Waals surface area contributed by atoms with Crippen LogP contribution in [0.4, 0.5) is 0 Å². The molecule has 0 saturated carbocycles. The lowest BCUT2D eigenvalue weighted by Crippen LogP contribution is -2.36. The maximum atomic E-state index is 11.1. The van der Waals surface area contributed by atoms with Crippen molar-refractivity contribution in [2.45, 2.75) is 38.9 Å². The first-order valence-electron chi connectivity index (χ1n) is 4.36. The first-order chi connectivity index (χ1) is 5.63. The number of carbonyl (C=O) groups is 1. The molecule has 3 atom stereocenters. The van der Waals surface area contributed by atoms with E-state index in [1.54, 1.807) is 0 Å². The molecular formula is C9H16O3. The van der Waals surface area contributed by atoms with Gasteiger partial charge in [-0.05, 0) is 25.7 Å². The van der Waals surface area contributed by atoms with Crippen molar-refractivity contribution in [3.63, 3.8) is 0 Å². The van der Waals surface area contributed by atoms with Gasteiger partial charge in [-0.25, -0.2) is 4.79 Å². The number of rotatable bonds is 1. The van der Waals surface area contributed by atoms with Gasteiger partial charge in [-0.15, -0.1) is 0 Å². The fraction of sp³-hybridized carbons (Fsp3) is 0.889. The average molecular weight is 172 g/mol. The third-order valence-corrected chi connectivity index (χ3v) is 2.21. The normalized spacial score (nSPS) is 36.1. The van der Waals surface area contributed by atoms with Crippen LogP contribution in [0.2, 0.25) is 0 Å². The highest BCUT2D eigenvalue weighted by Gasteiger charge is 2.30. The van der Waals surface area contributed by atoms with Crippen molar-refractivity contribution >= 4 is 5.97 Å². The van der Waals surface area contributed by atoms with Crippen LogP contribution in [-0.4, -0.2) is 25.3 Å². The molecule has 0 aromatic carbocycles. The molecule has 1 aliphatic rings. The Hall–Kier alpha value is -0.570. The molecular weight excluding hydrogens is 156 g/mol. The second-order valence-electron chi connectivity index (χ2n) is 3.54. The minimum Gasteiger partial charge on any atom is -0.467 e. The fourth-order valence-electron chi connectivity index (χ4n) is 1.70. The maximum Gasteiger partial charge on any atom is 0.334 e. The molecule has 12 heavy (non-hydrogen) atoms. The molecule has 1 rings (SSSR count). The molecule has 0 radical (unpaired) electrons. The molecule has 1 unspecified atom stereocenters. The van der Waals surface area contributed by atoms with E-state index in [4.69, 9.17) is 4.74 Å². The van der Waals surface area contributed by atoms with Gasteiger partial charge in [-0.2, -0.15) is 0 Å². The molecule has 0 aliphatic carbocycles. The highest BCUT2D eigenvalue weighted by atomic mass is 16.6. The minimum atomic E-state index is -0.339. The molecule has 1 saturated heterocycles. The SMILES string of the molecule is COC(=O)[C@@H]1C[C@H](C)CC(C)O1. The zero-order valence-corrected chi connectivity index (χ0v) is 7.87. The summed E-state index contributed by atoms with van der Waals surface area (Å²) in [6, 6.07) is 0. The summed E-state index contributed by atoms with van der Waals surface area (Å²) in [6.07, 6.45) is 1.66. The second-order valence-corrected chi connectivity index (χ2v) is 3.54. The summed E-state index contributed by atoms with van der Waals surface area (Å²) in [5, 5.41) is 0. The van der Waals surface area contributed by atoms with Crippen molar-refractivity contribution in [1.82, 2.24) is 0 Å². The van der Waals surface area contributed by atoms with E-state index < -0.39 is 0 Å². The van der Waals surface area contributed by atoms with E-state index >= 15 is 0 Å². The van der Waals surface area contributed by atoms with Gasteiger partial charge in [0, 0.05) is 0 Å². The number of ether oxygens (including phenoxy) is 2. The zero-order valence-electron chi connectivity index (χ0n) is 7.87. The van der Waals surface area contributed by atoms with Gasteiger partial charge in [0.2, 0.25) is 0 Å². The summed E-state index contributed by atoms with van der Waals surface area (Å²) in [6.45, 7) is 4.13. The van der Waals surface area contributed by atoms with Crippen molar-refractivity contribution < 1.29 is 14.3 Å². The van der Waals surface area contributed by atoms with Crippen LogP contribution in [-0.2, 0) is 14.3 Å². The summed E-state index contributed by atoms with van der Waals surface area (Å²) in [5.74, 6) is 0.311. The lowest BCUT2D eigenvalue weighted by Gasteiger charge is -2.30. The Bertz CT molecular complexity index is 157. The second kappa shape index (κ2) is 3.90. The van der Waals surface area contributed by atoms with Gasteiger partial charge in [-0.3, -0.25) is 0 Å².